The number of rotatable bonds is 10. The lowest BCUT2D eigenvalue weighted by atomic mass is 9.69. The van der Waals surface area contributed by atoms with Gasteiger partial charge in [0.2, 0.25) is 11.8 Å². The SMILES string of the molecule is CCCCOc1ccc([C@@]2(C(=O)N[C@@H]3C(=O)N4[C@@H]3SC(C)(C)[C@@H]4C(=O)O)CCC[C@H]2Cc2ccccc2)cc1. The number of unbranched alkanes of at least 4 members (excludes halogenated alkanes) is 1. The summed E-state index contributed by atoms with van der Waals surface area (Å²) in [7, 11) is 0. The first kappa shape index (κ1) is 27.6. The van der Waals surface area contributed by atoms with Crippen molar-refractivity contribution in [2.75, 3.05) is 6.61 Å². The molecule has 2 amide bonds. The van der Waals surface area contributed by atoms with Crippen LogP contribution in [0.2, 0.25) is 0 Å². The van der Waals surface area contributed by atoms with Gasteiger partial charge < -0.3 is 20.1 Å². The van der Waals surface area contributed by atoms with Crippen LogP contribution < -0.4 is 10.1 Å². The van der Waals surface area contributed by atoms with Crippen LogP contribution in [-0.4, -0.2) is 56.6 Å². The van der Waals surface area contributed by atoms with Gasteiger partial charge in [0, 0.05) is 4.75 Å². The van der Waals surface area contributed by atoms with E-state index in [2.05, 4.69) is 24.4 Å². The number of benzene rings is 2. The van der Waals surface area contributed by atoms with E-state index in [9.17, 15) is 19.5 Å². The number of ether oxygens (including phenoxy) is 1. The summed E-state index contributed by atoms with van der Waals surface area (Å²) < 4.78 is 5.24. The van der Waals surface area contributed by atoms with Gasteiger partial charge in [0.05, 0.1) is 12.0 Å². The zero-order valence-corrected chi connectivity index (χ0v) is 23.7. The van der Waals surface area contributed by atoms with Crippen LogP contribution in [0, 0.1) is 5.92 Å². The van der Waals surface area contributed by atoms with Gasteiger partial charge in [-0.1, -0.05) is 62.2 Å². The lowest BCUT2D eigenvalue weighted by Gasteiger charge is -2.45. The van der Waals surface area contributed by atoms with Gasteiger partial charge in [-0.15, -0.1) is 11.8 Å². The second-order valence-corrected chi connectivity index (χ2v) is 13.3. The minimum absolute atomic E-state index is 0.0671. The van der Waals surface area contributed by atoms with E-state index in [1.54, 1.807) is 0 Å². The predicted octanol–water partition coefficient (Wildman–Crippen LogP) is 4.78. The zero-order valence-electron chi connectivity index (χ0n) is 22.9. The number of aliphatic carboxylic acids is 1. The highest BCUT2D eigenvalue weighted by Gasteiger charge is 2.65. The third-order valence-corrected chi connectivity index (χ3v) is 10.2. The van der Waals surface area contributed by atoms with Crippen LogP contribution in [0.4, 0.5) is 0 Å². The van der Waals surface area contributed by atoms with Crippen molar-refractivity contribution in [3.63, 3.8) is 0 Å². The Morgan fingerprint density at radius 1 is 1.13 bits per heavy atom. The molecule has 0 radical (unpaired) electrons. The third kappa shape index (κ3) is 4.92. The number of thioether (sulfide) groups is 1. The van der Waals surface area contributed by atoms with E-state index in [0.717, 1.165) is 43.4 Å². The second-order valence-electron chi connectivity index (χ2n) is 11.5. The number of β-lactam (4-membered cyclic amide) rings is 1. The Morgan fingerprint density at radius 2 is 1.85 bits per heavy atom. The van der Waals surface area contributed by atoms with E-state index in [-0.39, 0.29) is 23.1 Å². The summed E-state index contributed by atoms with van der Waals surface area (Å²) in [5.41, 5.74) is 1.33. The van der Waals surface area contributed by atoms with Crippen molar-refractivity contribution >= 4 is 29.5 Å². The Balaban J connectivity index is 1.43. The van der Waals surface area contributed by atoms with Crippen molar-refractivity contribution in [1.82, 2.24) is 10.2 Å². The van der Waals surface area contributed by atoms with E-state index in [1.165, 1.54) is 22.2 Å². The van der Waals surface area contributed by atoms with Crippen molar-refractivity contribution < 1.29 is 24.2 Å². The largest absolute Gasteiger partial charge is 0.494 e. The number of fused-ring (bicyclic) bond motifs is 1. The first-order valence-electron chi connectivity index (χ1n) is 14.0. The van der Waals surface area contributed by atoms with Crippen molar-refractivity contribution in [1.29, 1.82) is 0 Å². The number of carbonyl (C=O) groups is 3. The Bertz CT molecular complexity index is 1220. The minimum atomic E-state index is -1.01. The molecule has 8 heteroatoms. The van der Waals surface area contributed by atoms with Gasteiger partial charge in [-0.25, -0.2) is 4.79 Å². The summed E-state index contributed by atoms with van der Waals surface area (Å²) >= 11 is 1.45. The van der Waals surface area contributed by atoms with Gasteiger partial charge in [0.1, 0.15) is 23.2 Å². The molecule has 39 heavy (non-hydrogen) atoms. The summed E-state index contributed by atoms with van der Waals surface area (Å²) in [6.45, 7) is 6.48. The molecule has 2 heterocycles. The fourth-order valence-corrected chi connectivity index (χ4v) is 8.29. The lowest BCUT2D eigenvalue weighted by molar-refractivity contribution is -0.161. The molecule has 5 rings (SSSR count). The van der Waals surface area contributed by atoms with Gasteiger partial charge >= 0.3 is 5.97 Å². The molecule has 2 aromatic carbocycles. The second kappa shape index (κ2) is 10.9. The molecule has 3 fully saturated rings. The number of hydrogen-bond donors (Lipinski definition) is 2. The standard InChI is InChI=1S/C31H38N2O5S/c1-4-5-18-38-23-15-13-21(14-16-23)31(17-9-12-22(31)19-20-10-7-6-8-11-20)29(37)32-24-26(34)33-25(28(35)36)30(2,3)39-27(24)33/h6-8,10-11,13-16,22,24-25,27H,4-5,9,12,17-19H2,1-3H3,(H,32,37)(H,35,36)/t22-,24+,25-,27+,31-/m0/s1. The van der Waals surface area contributed by atoms with Crippen molar-refractivity contribution in [2.24, 2.45) is 5.92 Å². The Labute approximate surface area is 234 Å². The number of carbonyl (C=O) groups excluding carboxylic acids is 2. The molecule has 2 aliphatic heterocycles. The molecular formula is C31H38N2O5S. The highest BCUT2D eigenvalue weighted by molar-refractivity contribution is 8.01. The molecule has 208 valence electrons. The van der Waals surface area contributed by atoms with E-state index in [1.807, 2.05) is 56.3 Å². The number of carboxylic acids is 1. The summed E-state index contributed by atoms with van der Waals surface area (Å²) in [5, 5.41) is 12.5. The monoisotopic (exact) mass is 550 g/mol. The van der Waals surface area contributed by atoms with Crippen LogP contribution in [0.15, 0.2) is 54.6 Å². The highest BCUT2D eigenvalue weighted by Crippen LogP contribution is 2.52. The van der Waals surface area contributed by atoms with Crippen LogP contribution in [0.3, 0.4) is 0 Å². The summed E-state index contributed by atoms with van der Waals surface area (Å²) in [4.78, 5) is 40.9. The number of amides is 2. The molecule has 2 aromatic rings. The summed E-state index contributed by atoms with van der Waals surface area (Å²) in [6, 6.07) is 16.5. The van der Waals surface area contributed by atoms with E-state index >= 15 is 0 Å². The number of nitrogens with one attached hydrogen (secondary N) is 1. The highest BCUT2D eigenvalue weighted by atomic mass is 32.2. The van der Waals surface area contributed by atoms with E-state index < -0.39 is 28.2 Å². The average Bonchev–Trinajstić information content (AvgIpc) is 3.45. The molecule has 0 bridgehead atoms. The molecule has 0 unspecified atom stereocenters. The quantitative estimate of drug-likeness (QED) is 0.327. The Morgan fingerprint density at radius 3 is 2.51 bits per heavy atom. The maximum atomic E-state index is 14.3. The Hall–Kier alpha value is -3.00. The van der Waals surface area contributed by atoms with E-state index in [0.29, 0.717) is 13.0 Å². The fraction of sp³-hybridized carbons (Fsp3) is 0.516. The van der Waals surface area contributed by atoms with Crippen molar-refractivity contribution in [3.8, 4) is 5.75 Å². The molecule has 1 aliphatic carbocycles. The fourth-order valence-electron chi connectivity index (χ4n) is 6.66. The molecular weight excluding hydrogens is 512 g/mol. The molecule has 0 aromatic heterocycles. The van der Waals surface area contributed by atoms with E-state index in [4.69, 9.17) is 4.74 Å². The van der Waals surface area contributed by atoms with Gasteiger partial charge in [-0.2, -0.15) is 0 Å². The predicted molar refractivity (Wildman–Crippen MR) is 152 cm³/mol. The normalized spacial score (nSPS) is 29.0. The number of hydrogen-bond acceptors (Lipinski definition) is 5. The number of nitrogens with zero attached hydrogens (tertiary/aromatic N) is 1. The first-order valence-corrected chi connectivity index (χ1v) is 14.9. The number of carboxylic acid groups (broad SMARTS) is 1. The topological polar surface area (TPSA) is 95.9 Å². The minimum Gasteiger partial charge on any atom is -0.494 e. The van der Waals surface area contributed by atoms with Crippen LogP contribution in [0.25, 0.3) is 0 Å². The third-order valence-electron chi connectivity index (χ3n) is 8.65. The van der Waals surface area contributed by atoms with Crippen LogP contribution >= 0.6 is 11.8 Å². The maximum absolute atomic E-state index is 14.3. The molecule has 1 saturated carbocycles. The molecule has 0 spiro atoms. The average molecular weight is 551 g/mol. The van der Waals surface area contributed by atoms with Gasteiger partial charge in [-0.05, 0) is 68.7 Å². The molecule has 2 N–H and O–H groups in total. The Kier molecular flexibility index (Phi) is 7.68. The molecule has 3 aliphatic rings. The molecule has 7 nitrogen and oxygen atoms in total. The van der Waals surface area contributed by atoms with Crippen molar-refractivity contribution in [3.05, 3.63) is 65.7 Å². The van der Waals surface area contributed by atoms with Crippen LogP contribution in [-0.2, 0) is 26.2 Å². The van der Waals surface area contributed by atoms with Gasteiger partial charge in [0.25, 0.3) is 0 Å². The lowest BCUT2D eigenvalue weighted by Crippen LogP contribution is -2.72. The van der Waals surface area contributed by atoms with Gasteiger partial charge in [0.15, 0.2) is 0 Å². The first-order chi connectivity index (χ1) is 18.7. The zero-order chi connectivity index (χ0) is 27.8. The smallest absolute Gasteiger partial charge is 0.327 e. The van der Waals surface area contributed by atoms with Gasteiger partial charge in [-0.3, -0.25) is 9.59 Å². The molecule has 5 atom stereocenters. The van der Waals surface area contributed by atoms with Crippen molar-refractivity contribution in [2.45, 2.75) is 86.9 Å². The summed E-state index contributed by atoms with van der Waals surface area (Å²) in [5.74, 6) is -0.612. The van der Waals surface area contributed by atoms with Crippen LogP contribution in [0.1, 0.15) is 64.0 Å². The maximum Gasteiger partial charge on any atom is 0.327 e. The summed E-state index contributed by atoms with van der Waals surface area (Å²) in [6.07, 6.45) is 5.32. The van der Waals surface area contributed by atoms with Crippen LogP contribution in [0.5, 0.6) is 5.75 Å². The molecule has 2 saturated heterocycles.